The summed E-state index contributed by atoms with van der Waals surface area (Å²) < 4.78 is 1.37. The van der Waals surface area contributed by atoms with Gasteiger partial charge < -0.3 is 0 Å². The summed E-state index contributed by atoms with van der Waals surface area (Å²) in [5, 5.41) is 26.7. The second-order valence-corrected chi connectivity index (χ2v) is 3.06. The highest BCUT2D eigenvalue weighted by Crippen LogP contribution is 2.19. The molecule has 0 radical (unpaired) electrons. The van der Waals surface area contributed by atoms with Gasteiger partial charge in [0.15, 0.2) is 5.69 Å². The minimum Gasteiger partial charge on any atom is -0.258 e. The van der Waals surface area contributed by atoms with Crippen LogP contribution in [0.15, 0.2) is 22.4 Å². The van der Waals surface area contributed by atoms with Gasteiger partial charge in [-0.25, -0.2) is 0 Å². The van der Waals surface area contributed by atoms with Gasteiger partial charge in [0.1, 0.15) is 0 Å². The molecule has 10 nitrogen and oxygen atoms in total. The molecule has 2 rings (SSSR count). The van der Waals surface area contributed by atoms with Crippen LogP contribution in [0.25, 0.3) is 5.70 Å². The fraction of sp³-hybridized carbons (Fsp3) is 0.333. The molecule has 1 aromatic rings. The number of hydrazine groups is 1. The van der Waals surface area contributed by atoms with Gasteiger partial charge in [0.2, 0.25) is 0 Å². The summed E-state index contributed by atoms with van der Waals surface area (Å²) in [5.74, 6) is 0.0352. The van der Waals surface area contributed by atoms with Crippen molar-refractivity contribution in [1.82, 2.24) is 25.5 Å². The molecule has 1 aliphatic rings. The lowest BCUT2D eigenvalue weighted by Gasteiger charge is -2.03. The van der Waals surface area contributed by atoms with E-state index in [0.29, 0.717) is 0 Å². The highest BCUT2D eigenvalue weighted by atomic mass is 16.6. The van der Waals surface area contributed by atoms with Crippen LogP contribution in [0.4, 0.5) is 0 Å². The zero-order valence-corrected chi connectivity index (χ0v) is 8.52. The van der Waals surface area contributed by atoms with E-state index in [1.807, 2.05) is 0 Å². The van der Waals surface area contributed by atoms with Crippen LogP contribution in [0.3, 0.4) is 0 Å². The first-order chi connectivity index (χ1) is 7.58. The molecule has 2 heterocycles. The Morgan fingerprint density at radius 1 is 1.56 bits per heavy atom. The lowest BCUT2D eigenvalue weighted by molar-refractivity contribution is -0.377. The van der Waals surface area contributed by atoms with Gasteiger partial charge in [-0.05, 0) is 5.22 Å². The maximum atomic E-state index is 10.9. The van der Waals surface area contributed by atoms with Crippen LogP contribution >= 0.6 is 0 Å². The van der Waals surface area contributed by atoms with E-state index in [4.69, 9.17) is 0 Å². The summed E-state index contributed by atoms with van der Waals surface area (Å²) in [5.41, 5.74) is 2.47. The first kappa shape index (κ1) is 10.0. The zero-order valence-electron chi connectivity index (χ0n) is 8.52. The minimum absolute atomic E-state index is 0.0352. The first-order valence-electron chi connectivity index (χ1n) is 4.25. The summed E-state index contributed by atoms with van der Waals surface area (Å²) in [6, 6.07) is 0. The van der Waals surface area contributed by atoms with Gasteiger partial charge in [-0.15, -0.1) is 10.2 Å². The van der Waals surface area contributed by atoms with E-state index in [2.05, 4.69) is 26.1 Å². The Bertz CT molecular complexity index is 488. The number of aromatic nitrogens is 3. The number of aryl methyl sites for hydroxylation is 1. The van der Waals surface area contributed by atoms with Gasteiger partial charge in [0.25, 0.3) is 5.82 Å². The van der Waals surface area contributed by atoms with Crippen LogP contribution in [0, 0.1) is 10.1 Å². The molecule has 0 aliphatic carbocycles. The van der Waals surface area contributed by atoms with Crippen molar-refractivity contribution < 1.29 is 4.92 Å². The molecule has 0 spiro atoms. The average molecular weight is 224 g/mol. The van der Waals surface area contributed by atoms with E-state index < -0.39 is 4.92 Å². The van der Waals surface area contributed by atoms with Gasteiger partial charge >= 0.3 is 5.70 Å². The van der Waals surface area contributed by atoms with Crippen molar-refractivity contribution in [2.24, 2.45) is 17.4 Å². The number of nitrogens with zero attached hydrogens (tertiary/aromatic N) is 7. The summed E-state index contributed by atoms with van der Waals surface area (Å²) in [6.45, 7) is 0. The van der Waals surface area contributed by atoms with E-state index in [0.717, 1.165) is 0 Å². The van der Waals surface area contributed by atoms with E-state index >= 15 is 0 Å². The number of hydrogen-bond acceptors (Lipinski definition) is 8. The van der Waals surface area contributed by atoms with Crippen molar-refractivity contribution in [3.05, 3.63) is 27.8 Å². The quantitative estimate of drug-likeness (QED) is 0.536. The first-order valence-corrected chi connectivity index (χ1v) is 4.25. The van der Waals surface area contributed by atoms with Crippen molar-refractivity contribution >= 4 is 5.70 Å². The SMILES string of the molecule is CN1N=N/C(=C(/c2cn(C)nn2)[N+](=O)[O-])N1. The molecule has 16 heavy (non-hydrogen) atoms. The third-order valence-corrected chi connectivity index (χ3v) is 1.80. The molecule has 0 saturated heterocycles. The molecule has 10 heteroatoms. The van der Waals surface area contributed by atoms with Crippen LogP contribution in [0.1, 0.15) is 5.69 Å². The highest BCUT2D eigenvalue weighted by Gasteiger charge is 2.27. The largest absolute Gasteiger partial charge is 0.343 e. The van der Waals surface area contributed by atoms with Crippen LogP contribution in [-0.4, -0.2) is 32.1 Å². The molecule has 0 unspecified atom stereocenters. The Hall–Kier alpha value is -2.52. The van der Waals surface area contributed by atoms with Crippen molar-refractivity contribution in [2.45, 2.75) is 0 Å². The molecule has 0 amide bonds. The molecule has 0 fully saturated rings. The molecule has 0 saturated carbocycles. The van der Waals surface area contributed by atoms with Crippen LogP contribution < -0.4 is 5.43 Å². The summed E-state index contributed by atoms with van der Waals surface area (Å²) in [7, 11) is 3.19. The number of hydrogen-bond donors (Lipinski definition) is 1. The second-order valence-electron chi connectivity index (χ2n) is 3.06. The monoisotopic (exact) mass is 224 g/mol. The van der Waals surface area contributed by atoms with Gasteiger partial charge in [-0.1, -0.05) is 5.21 Å². The summed E-state index contributed by atoms with van der Waals surface area (Å²) in [4.78, 5) is 10.3. The molecule has 0 bridgehead atoms. The van der Waals surface area contributed by atoms with Gasteiger partial charge in [-0.2, -0.15) is 5.12 Å². The van der Waals surface area contributed by atoms with E-state index in [1.54, 1.807) is 14.1 Å². The van der Waals surface area contributed by atoms with E-state index in [9.17, 15) is 10.1 Å². The molecule has 84 valence electrons. The maximum absolute atomic E-state index is 10.9. The van der Waals surface area contributed by atoms with Gasteiger partial charge in [0.05, 0.1) is 11.1 Å². The molecule has 1 aliphatic heterocycles. The average Bonchev–Trinajstić information content (AvgIpc) is 2.76. The third-order valence-electron chi connectivity index (χ3n) is 1.80. The van der Waals surface area contributed by atoms with Gasteiger partial charge in [0, 0.05) is 14.1 Å². The van der Waals surface area contributed by atoms with Crippen LogP contribution in [0.5, 0.6) is 0 Å². The maximum Gasteiger partial charge on any atom is 0.343 e. The smallest absolute Gasteiger partial charge is 0.258 e. The topological polar surface area (TPSA) is 114 Å². The normalized spacial score (nSPS) is 17.5. The Kier molecular flexibility index (Phi) is 2.23. The Morgan fingerprint density at radius 2 is 2.31 bits per heavy atom. The summed E-state index contributed by atoms with van der Waals surface area (Å²) >= 11 is 0. The predicted molar refractivity (Wildman–Crippen MR) is 50.7 cm³/mol. The third kappa shape index (κ3) is 1.67. The van der Waals surface area contributed by atoms with Crippen LogP contribution in [-0.2, 0) is 7.05 Å². The molecule has 0 aromatic carbocycles. The number of nitro groups is 1. The fourth-order valence-corrected chi connectivity index (χ4v) is 1.17. The van der Waals surface area contributed by atoms with Crippen molar-refractivity contribution in [3.63, 3.8) is 0 Å². The standard InChI is InChI=1S/C6H8N8O2/c1-12-3-4(7-10-12)5(14(15)16)6-8-11-13(2)9-6/h3,9H,1-2H3/b6-5+. The highest BCUT2D eigenvalue weighted by molar-refractivity contribution is 5.56. The fourth-order valence-electron chi connectivity index (χ4n) is 1.17. The predicted octanol–water partition coefficient (Wildman–Crippen LogP) is -0.465. The zero-order chi connectivity index (χ0) is 11.7. The van der Waals surface area contributed by atoms with E-state index in [-0.39, 0.29) is 17.2 Å². The minimum atomic E-state index is -0.579. The molecule has 1 N–H and O–H groups in total. The molecular formula is C6H8N8O2. The second kappa shape index (κ2) is 3.56. The molecule has 1 aromatic heterocycles. The Morgan fingerprint density at radius 3 is 2.75 bits per heavy atom. The Labute approximate surface area is 89.3 Å². The Balaban J connectivity index is 2.47. The number of nitrogens with one attached hydrogen (secondary N) is 1. The molecule has 0 atom stereocenters. The van der Waals surface area contributed by atoms with Crippen molar-refractivity contribution in [2.75, 3.05) is 7.05 Å². The number of rotatable bonds is 2. The van der Waals surface area contributed by atoms with Crippen molar-refractivity contribution in [1.29, 1.82) is 0 Å². The summed E-state index contributed by atoms with van der Waals surface area (Å²) in [6.07, 6.45) is 1.43. The lowest BCUT2D eigenvalue weighted by Crippen LogP contribution is -2.24. The molecular weight excluding hydrogens is 216 g/mol. The van der Waals surface area contributed by atoms with Gasteiger partial charge in [-0.3, -0.25) is 20.2 Å². The van der Waals surface area contributed by atoms with Crippen LogP contribution in [0.2, 0.25) is 0 Å². The van der Waals surface area contributed by atoms with Crippen molar-refractivity contribution in [3.8, 4) is 0 Å². The van der Waals surface area contributed by atoms with E-state index in [1.165, 1.54) is 16.0 Å². The lowest BCUT2D eigenvalue weighted by atomic mass is 10.3.